The summed E-state index contributed by atoms with van der Waals surface area (Å²) in [6, 6.07) is 7.53. The number of carbonyl (C=O) groups excluding carboxylic acids is 1. The zero-order valence-electron chi connectivity index (χ0n) is 10.3. The van der Waals surface area contributed by atoms with Gasteiger partial charge in [-0.1, -0.05) is 30.7 Å². The number of halogens is 1. The van der Waals surface area contributed by atoms with Crippen LogP contribution in [0.4, 0.5) is 0 Å². The van der Waals surface area contributed by atoms with Crippen LogP contribution >= 0.6 is 11.6 Å². The predicted octanol–water partition coefficient (Wildman–Crippen LogP) is 2.52. The van der Waals surface area contributed by atoms with Gasteiger partial charge in [-0.25, -0.2) is 0 Å². The first-order valence-corrected chi connectivity index (χ1v) is 6.26. The van der Waals surface area contributed by atoms with E-state index in [0.717, 1.165) is 12.1 Å². The third kappa shape index (κ3) is 5.20. The molecule has 1 amide bonds. The highest BCUT2D eigenvalue weighted by molar-refractivity contribution is 6.30. The molecule has 0 spiro atoms. The fourth-order valence-corrected chi connectivity index (χ4v) is 1.75. The lowest BCUT2D eigenvalue weighted by molar-refractivity contribution is -0.121. The van der Waals surface area contributed by atoms with Crippen LogP contribution in [0, 0.1) is 0 Å². The zero-order valence-corrected chi connectivity index (χ0v) is 11.1. The summed E-state index contributed by atoms with van der Waals surface area (Å²) in [5, 5.41) is 6.76. The number of nitrogens with one attached hydrogen (secondary N) is 2. The predicted molar refractivity (Wildman–Crippen MR) is 71.2 cm³/mol. The molecule has 0 aliphatic rings. The Balaban J connectivity index is 2.43. The maximum atomic E-state index is 11.6. The van der Waals surface area contributed by atoms with Crippen molar-refractivity contribution in [1.29, 1.82) is 0 Å². The van der Waals surface area contributed by atoms with Crippen molar-refractivity contribution in [3.8, 4) is 0 Å². The van der Waals surface area contributed by atoms with E-state index in [9.17, 15) is 4.79 Å². The number of amides is 1. The molecule has 0 saturated heterocycles. The van der Waals surface area contributed by atoms with Crippen molar-refractivity contribution >= 4 is 17.5 Å². The molecular weight excluding hydrogens is 236 g/mol. The van der Waals surface area contributed by atoms with Crippen LogP contribution in [0.15, 0.2) is 24.3 Å². The standard InChI is InChI=1S/C13H19ClN2O/c1-3-15-8-7-13(17)16-10(2)11-5-4-6-12(14)9-11/h4-6,9-10,15H,3,7-8H2,1-2H3,(H,16,17). The highest BCUT2D eigenvalue weighted by Gasteiger charge is 2.09. The molecule has 4 heteroatoms. The van der Waals surface area contributed by atoms with E-state index in [2.05, 4.69) is 10.6 Å². The molecule has 1 unspecified atom stereocenters. The van der Waals surface area contributed by atoms with Gasteiger partial charge in [-0.3, -0.25) is 4.79 Å². The lowest BCUT2D eigenvalue weighted by atomic mass is 10.1. The van der Waals surface area contributed by atoms with E-state index in [4.69, 9.17) is 11.6 Å². The summed E-state index contributed by atoms with van der Waals surface area (Å²) >= 11 is 5.91. The molecule has 1 aromatic carbocycles. The topological polar surface area (TPSA) is 41.1 Å². The van der Waals surface area contributed by atoms with Gasteiger partial charge in [0.05, 0.1) is 6.04 Å². The van der Waals surface area contributed by atoms with Crippen LogP contribution in [-0.2, 0) is 4.79 Å². The van der Waals surface area contributed by atoms with Gasteiger partial charge in [0, 0.05) is 18.0 Å². The Morgan fingerprint density at radius 1 is 1.47 bits per heavy atom. The van der Waals surface area contributed by atoms with Gasteiger partial charge in [0.2, 0.25) is 5.91 Å². The Hall–Kier alpha value is -1.06. The lowest BCUT2D eigenvalue weighted by Crippen LogP contribution is -2.29. The lowest BCUT2D eigenvalue weighted by Gasteiger charge is -2.14. The van der Waals surface area contributed by atoms with Crippen LogP contribution in [0.3, 0.4) is 0 Å². The van der Waals surface area contributed by atoms with Gasteiger partial charge in [-0.05, 0) is 31.2 Å². The van der Waals surface area contributed by atoms with Crippen LogP contribution in [0.5, 0.6) is 0 Å². The summed E-state index contributed by atoms with van der Waals surface area (Å²) in [5.41, 5.74) is 1.02. The van der Waals surface area contributed by atoms with Crippen molar-refractivity contribution in [2.24, 2.45) is 0 Å². The number of hydrogen-bond donors (Lipinski definition) is 2. The van der Waals surface area contributed by atoms with Crippen molar-refractivity contribution in [3.05, 3.63) is 34.9 Å². The molecule has 1 atom stereocenters. The minimum absolute atomic E-state index is 0.0113. The number of hydrogen-bond acceptors (Lipinski definition) is 2. The minimum Gasteiger partial charge on any atom is -0.350 e. The van der Waals surface area contributed by atoms with Gasteiger partial charge in [0.1, 0.15) is 0 Å². The van der Waals surface area contributed by atoms with Gasteiger partial charge >= 0.3 is 0 Å². The molecule has 0 aliphatic heterocycles. The van der Waals surface area contributed by atoms with Gasteiger partial charge in [0.15, 0.2) is 0 Å². The van der Waals surface area contributed by atoms with Crippen LogP contribution in [0.25, 0.3) is 0 Å². The summed E-state index contributed by atoms with van der Waals surface area (Å²) in [7, 11) is 0. The summed E-state index contributed by atoms with van der Waals surface area (Å²) in [4.78, 5) is 11.6. The van der Waals surface area contributed by atoms with Gasteiger partial charge in [-0.15, -0.1) is 0 Å². The second-order valence-corrected chi connectivity index (χ2v) is 4.38. The average Bonchev–Trinajstić information content (AvgIpc) is 2.29. The van der Waals surface area contributed by atoms with Crippen LogP contribution in [0.2, 0.25) is 5.02 Å². The molecular formula is C13H19ClN2O. The van der Waals surface area contributed by atoms with E-state index in [0.29, 0.717) is 18.0 Å². The van der Waals surface area contributed by atoms with E-state index in [1.807, 2.05) is 38.1 Å². The van der Waals surface area contributed by atoms with Crippen molar-refractivity contribution in [3.63, 3.8) is 0 Å². The Kier molecular flexibility index (Phi) is 6.01. The monoisotopic (exact) mass is 254 g/mol. The smallest absolute Gasteiger partial charge is 0.221 e. The highest BCUT2D eigenvalue weighted by Crippen LogP contribution is 2.17. The van der Waals surface area contributed by atoms with Crippen LogP contribution < -0.4 is 10.6 Å². The molecule has 2 N–H and O–H groups in total. The summed E-state index contributed by atoms with van der Waals surface area (Å²) in [6.07, 6.45) is 0.499. The summed E-state index contributed by atoms with van der Waals surface area (Å²) < 4.78 is 0. The minimum atomic E-state index is -0.0113. The SMILES string of the molecule is CCNCCC(=O)NC(C)c1cccc(Cl)c1. The van der Waals surface area contributed by atoms with E-state index < -0.39 is 0 Å². The number of benzene rings is 1. The molecule has 1 rings (SSSR count). The Morgan fingerprint density at radius 3 is 2.88 bits per heavy atom. The molecule has 0 radical (unpaired) electrons. The first-order valence-electron chi connectivity index (χ1n) is 5.89. The molecule has 0 fully saturated rings. The molecule has 17 heavy (non-hydrogen) atoms. The van der Waals surface area contributed by atoms with Crippen molar-refractivity contribution in [2.45, 2.75) is 26.3 Å². The number of rotatable bonds is 6. The molecule has 1 aromatic rings. The normalized spacial score (nSPS) is 12.2. The maximum absolute atomic E-state index is 11.6. The van der Waals surface area contributed by atoms with Crippen LogP contribution in [0.1, 0.15) is 31.9 Å². The van der Waals surface area contributed by atoms with Crippen molar-refractivity contribution in [2.75, 3.05) is 13.1 Å². The second-order valence-electron chi connectivity index (χ2n) is 3.95. The third-order valence-electron chi connectivity index (χ3n) is 2.51. The van der Waals surface area contributed by atoms with E-state index in [1.54, 1.807) is 0 Å². The van der Waals surface area contributed by atoms with E-state index in [1.165, 1.54) is 0 Å². The first-order chi connectivity index (χ1) is 8.13. The molecule has 0 saturated carbocycles. The molecule has 0 aliphatic carbocycles. The summed E-state index contributed by atoms with van der Waals surface area (Å²) in [5.74, 6) is 0.0541. The zero-order chi connectivity index (χ0) is 12.7. The second kappa shape index (κ2) is 7.30. The van der Waals surface area contributed by atoms with Gasteiger partial charge < -0.3 is 10.6 Å². The quantitative estimate of drug-likeness (QED) is 0.766. The summed E-state index contributed by atoms with van der Waals surface area (Å²) in [6.45, 7) is 5.57. The van der Waals surface area contributed by atoms with Crippen molar-refractivity contribution < 1.29 is 4.79 Å². The highest BCUT2D eigenvalue weighted by atomic mass is 35.5. The molecule has 0 bridgehead atoms. The Bertz CT molecular complexity index is 368. The van der Waals surface area contributed by atoms with Gasteiger partial charge in [-0.2, -0.15) is 0 Å². The van der Waals surface area contributed by atoms with E-state index in [-0.39, 0.29) is 11.9 Å². The van der Waals surface area contributed by atoms with E-state index >= 15 is 0 Å². The van der Waals surface area contributed by atoms with Crippen molar-refractivity contribution in [1.82, 2.24) is 10.6 Å². The third-order valence-corrected chi connectivity index (χ3v) is 2.74. The Morgan fingerprint density at radius 2 is 2.24 bits per heavy atom. The van der Waals surface area contributed by atoms with Gasteiger partial charge in [0.25, 0.3) is 0 Å². The molecule has 0 aromatic heterocycles. The Labute approximate surface area is 108 Å². The fourth-order valence-electron chi connectivity index (χ4n) is 1.55. The number of carbonyl (C=O) groups is 1. The molecule has 3 nitrogen and oxygen atoms in total. The maximum Gasteiger partial charge on any atom is 0.221 e. The first kappa shape index (κ1) is 14.0. The largest absolute Gasteiger partial charge is 0.350 e. The van der Waals surface area contributed by atoms with Crippen LogP contribution in [-0.4, -0.2) is 19.0 Å². The fraction of sp³-hybridized carbons (Fsp3) is 0.462. The average molecular weight is 255 g/mol. The molecule has 0 heterocycles. The molecule has 94 valence electrons.